The molecular weight excluding hydrogens is 186 g/mol. The number of nitrogens with one attached hydrogen (secondary N) is 1. The lowest BCUT2D eigenvalue weighted by Gasteiger charge is -2.29. The van der Waals surface area contributed by atoms with Gasteiger partial charge in [0.25, 0.3) is 0 Å². The fourth-order valence-electron chi connectivity index (χ4n) is 2.19. The molecule has 0 aromatic carbocycles. The van der Waals surface area contributed by atoms with Crippen LogP contribution in [0.15, 0.2) is 6.20 Å². The minimum atomic E-state index is 0.437. The average Bonchev–Trinajstić information content (AvgIpc) is 2.59. The molecule has 2 heterocycles. The van der Waals surface area contributed by atoms with E-state index in [-0.39, 0.29) is 0 Å². The van der Waals surface area contributed by atoms with E-state index in [4.69, 9.17) is 0 Å². The number of nitrogens with zero attached hydrogens (tertiary/aromatic N) is 2. The molecule has 1 aliphatic rings. The van der Waals surface area contributed by atoms with Crippen LogP contribution in [-0.2, 0) is 6.42 Å². The van der Waals surface area contributed by atoms with Crippen molar-refractivity contribution in [3.05, 3.63) is 11.8 Å². The van der Waals surface area contributed by atoms with Crippen LogP contribution in [0.4, 0.5) is 5.82 Å². The predicted molar refractivity (Wildman–Crippen MR) is 63.2 cm³/mol. The lowest BCUT2D eigenvalue weighted by molar-refractivity contribution is 0.466. The van der Waals surface area contributed by atoms with Crippen molar-refractivity contribution in [3.63, 3.8) is 0 Å². The number of rotatable bonds is 2. The topological polar surface area (TPSA) is 29.9 Å². The van der Waals surface area contributed by atoms with Gasteiger partial charge in [0.1, 0.15) is 5.82 Å². The molecule has 0 aliphatic carbocycles. The molecule has 3 nitrogen and oxygen atoms in total. The van der Waals surface area contributed by atoms with Crippen LogP contribution in [0.1, 0.15) is 45.7 Å². The zero-order chi connectivity index (χ0) is 11.0. The van der Waals surface area contributed by atoms with Gasteiger partial charge in [-0.2, -0.15) is 5.10 Å². The molecule has 0 bridgehead atoms. The van der Waals surface area contributed by atoms with E-state index in [2.05, 4.69) is 42.8 Å². The summed E-state index contributed by atoms with van der Waals surface area (Å²) in [7, 11) is 0. The standard InChI is InChI=1S/C12H21N3/c1-8(2)11-6-5-10-7-13-15(9(3)4)12(10)14-11/h7-9,11,14H,5-6H2,1-4H3/t11-/m0/s1. The molecule has 0 fully saturated rings. The highest BCUT2D eigenvalue weighted by Gasteiger charge is 2.24. The van der Waals surface area contributed by atoms with E-state index >= 15 is 0 Å². The van der Waals surface area contributed by atoms with E-state index in [1.165, 1.54) is 17.8 Å². The van der Waals surface area contributed by atoms with Gasteiger partial charge in [-0.1, -0.05) is 13.8 Å². The maximum absolute atomic E-state index is 4.45. The smallest absolute Gasteiger partial charge is 0.127 e. The second-order valence-corrected chi connectivity index (χ2v) is 5.09. The molecule has 1 aromatic heterocycles. The van der Waals surface area contributed by atoms with Gasteiger partial charge in [-0.25, -0.2) is 4.68 Å². The van der Waals surface area contributed by atoms with Crippen LogP contribution in [0.25, 0.3) is 0 Å². The monoisotopic (exact) mass is 207 g/mol. The molecule has 0 unspecified atom stereocenters. The van der Waals surface area contributed by atoms with E-state index in [1.54, 1.807) is 0 Å². The molecule has 0 saturated heterocycles. The summed E-state index contributed by atoms with van der Waals surface area (Å²) in [6.07, 6.45) is 4.41. The Hall–Kier alpha value is -0.990. The normalized spacial score (nSPS) is 20.5. The molecule has 0 saturated carbocycles. The summed E-state index contributed by atoms with van der Waals surface area (Å²) in [5.74, 6) is 1.93. The fraction of sp³-hybridized carbons (Fsp3) is 0.750. The first-order chi connectivity index (χ1) is 7.09. The molecule has 0 spiro atoms. The van der Waals surface area contributed by atoms with Gasteiger partial charge in [-0.3, -0.25) is 0 Å². The third-order valence-electron chi connectivity index (χ3n) is 3.21. The quantitative estimate of drug-likeness (QED) is 0.808. The van der Waals surface area contributed by atoms with E-state index in [1.807, 2.05) is 6.20 Å². The summed E-state index contributed by atoms with van der Waals surface area (Å²) in [5.41, 5.74) is 1.38. The first kappa shape index (κ1) is 10.5. The second kappa shape index (κ2) is 3.87. The minimum absolute atomic E-state index is 0.437. The highest BCUT2D eigenvalue weighted by molar-refractivity contribution is 5.47. The highest BCUT2D eigenvalue weighted by atomic mass is 15.3. The van der Waals surface area contributed by atoms with Gasteiger partial charge < -0.3 is 5.32 Å². The second-order valence-electron chi connectivity index (χ2n) is 5.09. The summed E-state index contributed by atoms with van der Waals surface area (Å²) in [4.78, 5) is 0. The fourth-order valence-corrected chi connectivity index (χ4v) is 2.19. The molecular formula is C12H21N3. The molecule has 0 amide bonds. The predicted octanol–water partition coefficient (Wildman–Crippen LogP) is 2.85. The number of fused-ring (bicyclic) bond motifs is 1. The zero-order valence-electron chi connectivity index (χ0n) is 10.1. The van der Waals surface area contributed by atoms with E-state index in [0.717, 1.165) is 6.42 Å². The zero-order valence-corrected chi connectivity index (χ0v) is 10.1. The van der Waals surface area contributed by atoms with Gasteiger partial charge in [0, 0.05) is 17.6 Å². The Kier molecular flexibility index (Phi) is 2.72. The van der Waals surface area contributed by atoms with Crippen LogP contribution < -0.4 is 5.32 Å². The summed E-state index contributed by atoms with van der Waals surface area (Å²) in [5, 5.41) is 8.07. The Labute approximate surface area is 91.9 Å². The van der Waals surface area contributed by atoms with Crippen molar-refractivity contribution in [2.75, 3.05) is 5.32 Å². The first-order valence-electron chi connectivity index (χ1n) is 5.92. The van der Waals surface area contributed by atoms with E-state index < -0.39 is 0 Å². The number of aryl methyl sites for hydroxylation is 1. The maximum atomic E-state index is 4.45. The lowest BCUT2D eigenvalue weighted by atomic mass is 9.94. The van der Waals surface area contributed by atoms with Gasteiger partial charge in [0.05, 0.1) is 6.20 Å². The number of hydrogen-bond donors (Lipinski definition) is 1. The lowest BCUT2D eigenvalue weighted by Crippen LogP contribution is -2.31. The SMILES string of the molecule is CC(C)[C@@H]1CCc2cnn(C(C)C)c2N1. The molecule has 1 aromatic rings. The molecule has 1 aliphatic heterocycles. The van der Waals surface area contributed by atoms with E-state index in [0.29, 0.717) is 18.0 Å². The van der Waals surface area contributed by atoms with Crippen molar-refractivity contribution >= 4 is 5.82 Å². The molecule has 84 valence electrons. The molecule has 0 radical (unpaired) electrons. The maximum Gasteiger partial charge on any atom is 0.127 e. The van der Waals surface area contributed by atoms with Crippen molar-refractivity contribution < 1.29 is 0 Å². The van der Waals surface area contributed by atoms with Gasteiger partial charge >= 0.3 is 0 Å². The largest absolute Gasteiger partial charge is 0.367 e. The number of hydrogen-bond acceptors (Lipinski definition) is 2. The molecule has 3 heteroatoms. The Bertz CT molecular complexity index is 339. The number of aromatic nitrogens is 2. The van der Waals surface area contributed by atoms with Crippen molar-refractivity contribution in [1.29, 1.82) is 0 Å². The van der Waals surface area contributed by atoms with Crippen LogP contribution >= 0.6 is 0 Å². The van der Waals surface area contributed by atoms with Crippen molar-refractivity contribution in [1.82, 2.24) is 9.78 Å². The molecule has 1 N–H and O–H groups in total. The third-order valence-corrected chi connectivity index (χ3v) is 3.21. The summed E-state index contributed by atoms with van der Waals surface area (Å²) in [6, 6.07) is 1.04. The van der Waals surface area contributed by atoms with E-state index in [9.17, 15) is 0 Å². The molecule has 1 atom stereocenters. The minimum Gasteiger partial charge on any atom is -0.367 e. The van der Waals surface area contributed by atoms with Gasteiger partial charge in [-0.15, -0.1) is 0 Å². The number of anilines is 1. The first-order valence-corrected chi connectivity index (χ1v) is 5.92. The Morgan fingerprint density at radius 3 is 2.73 bits per heavy atom. The average molecular weight is 207 g/mol. The van der Waals surface area contributed by atoms with Crippen LogP contribution in [0.2, 0.25) is 0 Å². The molecule has 15 heavy (non-hydrogen) atoms. The van der Waals surface area contributed by atoms with Gasteiger partial charge in [0.2, 0.25) is 0 Å². The van der Waals surface area contributed by atoms with Crippen LogP contribution in [0, 0.1) is 5.92 Å². The van der Waals surface area contributed by atoms with Crippen molar-refractivity contribution in [2.45, 2.75) is 52.6 Å². The van der Waals surface area contributed by atoms with Gasteiger partial charge in [0.15, 0.2) is 0 Å². The summed E-state index contributed by atoms with van der Waals surface area (Å²) >= 11 is 0. The molecule has 2 rings (SSSR count). The van der Waals surface area contributed by atoms with Crippen LogP contribution in [0.5, 0.6) is 0 Å². The summed E-state index contributed by atoms with van der Waals surface area (Å²) in [6.45, 7) is 8.90. The van der Waals surface area contributed by atoms with Crippen LogP contribution in [0.3, 0.4) is 0 Å². The summed E-state index contributed by atoms with van der Waals surface area (Å²) < 4.78 is 2.10. The van der Waals surface area contributed by atoms with Gasteiger partial charge in [-0.05, 0) is 32.6 Å². The van der Waals surface area contributed by atoms with Crippen molar-refractivity contribution in [3.8, 4) is 0 Å². The van der Waals surface area contributed by atoms with Crippen LogP contribution in [-0.4, -0.2) is 15.8 Å². The highest BCUT2D eigenvalue weighted by Crippen LogP contribution is 2.29. The Morgan fingerprint density at radius 1 is 1.40 bits per heavy atom. The Morgan fingerprint density at radius 2 is 2.13 bits per heavy atom. The third kappa shape index (κ3) is 1.87. The Balaban J connectivity index is 2.26. The van der Waals surface area contributed by atoms with Crippen molar-refractivity contribution in [2.24, 2.45) is 5.92 Å².